The number of benzene rings is 3. The molecule has 0 spiro atoms. The number of hydrogen-bond acceptors (Lipinski definition) is 7. The molecule has 1 heterocycles. The fourth-order valence-electron chi connectivity index (χ4n) is 2.74. The highest BCUT2D eigenvalue weighted by Crippen LogP contribution is 2.18. The Labute approximate surface area is 194 Å². The summed E-state index contributed by atoms with van der Waals surface area (Å²) in [5.74, 6) is 1.69. The zero-order chi connectivity index (χ0) is 22.9. The molecule has 0 amide bonds. The van der Waals surface area contributed by atoms with Crippen LogP contribution in [-0.4, -0.2) is 21.5 Å². The first kappa shape index (κ1) is 22.2. The number of hydrogen-bond donors (Lipinski definition) is 1. The highest BCUT2D eigenvalue weighted by molar-refractivity contribution is 8.13. The van der Waals surface area contributed by atoms with E-state index in [-0.39, 0.29) is 12.4 Å². The predicted molar refractivity (Wildman–Crippen MR) is 127 cm³/mol. The number of thioether (sulfide) groups is 1. The second-order valence-electron chi connectivity index (χ2n) is 6.83. The minimum Gasteiger partial charge on any atom is -0.484 e. The van der Waals surface area contributed by atoms with Crippen molar-refractivity contribution in [3.8, 4) is 17.1 Å². The zero-order valence-electron chi connectivity index (χ0n) is 17.5. The summed E-state index contributed by atoms with van der Waals surface area (Å²) >= 11 is 1.43. The number of rotatable bonds is 8. The topological polar surface area (TPSA) is 98.9 Å². The molecule has 33 heavy (non-hydrogen) atoms. The molecular formula is C24H20FN5O2S. The van der Waals surface area contributed by atoms with Crippen LogP contribution in [0.5, 0.6) is 5.75 Å². The largest absolute Gasteiger partial charge is 0.484 e. The summed E-state index contributed by atoms with van der Waals surface area (Å²) in [6.45, 7) is 0.0884. The van der Waals surface area contributed by atoms with E-state index in [1.54, 1.807) is 6.21 Å². The molecule has 0 radical (unpaired) electrons. The van der Waals surface area contributed by atoms with Crippen molar-refractivity contribution >= 4 is 23.1 Å². The molecule has 166 valence electrons. The highest BCUT2D eigenvalue weighted by atomic mass is 32.2. The Morgan fingerprint density at radius 1 is 1.03 bits per heavy atom. The predicted octanol–water partition coefficient (Wildman–Crippen LogP) is 5.04. The van der Waals surface area contributed by atoms with Crippen molar-refractivity contribution in [2.75, 3.05) is 0 Å². The van der Waals surface area contributed by atoms with Gasteiger partial charge >= 0.3 is 0 Å². The molecule has 0 atom stereocenters. The van der Waals surface area contributed by atoms with Crippen molar-refractivity contribution in [3.63, 3.8) is 0 Å². The molecule has 3 aromatic carbocycles. The minimum atomic E-state index is -0.326. The number of halogens is 1. The summed E-state index contributed by atoms with van der Waals surface area (Å²) in [5, 5.41) is 12.4. The van der Waals surface area contributed by atoms with Gasteiger partial charge in [0.25, 0.3) is 5.89 Å². The van der Waals surface area contributed by atoms with Crippen LogP contribution in [0.3, 0.4) is 0 Å². The number of aromatic nitrogens is 2. The quantitative estimate of drug-likeness (QED) is 0.224. The molecule has 0 saturated carbocycles. The summed E-state index contributed by atoms with van der Waals surface area (Å²) in [6, 6.07) is 23.2. The third-order valence-corrected chi connectivity index (χ3v) is 5.26. The van der Waals surface area contributed by atoms with Gasteiger partial charge in [-0.1, -0.05) is 71.5 Å². The van der Waals surface area contributed by atoms with Crippen molar-refractivity contribution in [1.82, 2.24) is 10.1 Å². The first-order valence-corrected chi connectivity index (χ1v) is 11.0. The van der Waals surface area contributed by atoms with E-state index < -0.39 is 0 Å². The molecule has 0 aliphatic carbocycles. The van der Waals surface area contributed by atoms with Gasteiger partial charge in [-0.2, -0.15) is 10.1 Å². The standard InChI is InChI=1S/C24H20FN5O2S/c25-20-10-12-21(13-11-20)31-15-22-28-23(30-32-22)19-8-6-17(7-9-19)14-27-29-24(26)33-16-18-4-2-1-3-5-18/h1-14H,15-16H2,(H2,26,29). The van der Waals surface area contributed by atoms with E-state index >= 15 is 0 Å². The minimum absolute atomic E-state index is 0.0884. The molecule has 0 aliphatic rings. The number of ether oxygens (including phenoxy) is 1. The molecule has 0 saturated heterocycles. The molecule has 2 N–H and O–H groups in total. The molecule has 7 nitrogen and oxygen atoms in total. The summed E-state index contributed by atoms with van der Waals surface area (Å²) in [4.78, 5) is 4.32. The van der Waals surface area contributed by atoms with Crippen LogP contribution in [0.1, 0.15) is 17.0 Å². The molecule has 4 aromatic rings. The molecule has 0 aliphatic heterocycles. The number of nitrogens with two attached hydrogens (primary N) is 1. The first-order chi connectivity index (χ1) is 16.2. The maximum absolute atomic E-state index is 12.9. The molecule has 4 rings (SSSR count). The van der Waals surface area contributed by atoms with Gasteiger partial charge in [0, 0.05) is 11.3 Å². The molecule has 9 heteroatoms. The lowest BCUT2D eigenvalue weighted by atomic mass is 10.1. The lowest BCUT2D eigenvalue weighted by Gasteiger charge is -2.01. The maximum Gasteiger partial charge on any atom is 0.264 e. The summed E-state index contributed by atoms with van der Waals surface area (Å²) in [6.07, 6.45) is 1.62. The van der Waals surface area contributed by atoms with Gasteiger partial charge in [-0.15, -0.1) is 5.10 Å². The number of amidine groups is 1. The third kappa shape index (κ3) is 6.75. The Hall–Kier alpha value is -3.98. The van der Waals surface area contributed by atoms with E-state index in [1.807, 2.05) is 54.6 Å². The normalized spacial score (nSPS) is 11.7. The fourth-order valence-corrected chi connectivity index (χ4v) is 3.35. The van der Waals surface area contributed by atoms with Gasteiger partial charge in [0.15, 0.2) is 11.8 Å². The zero-order valence-corrected chi connectivity index (χ0v) is 18.3. The van der Waals surface area contributed by atoms with Crippen molar-refractivity contribution in [1.29, 1.82) is 0 Å². The van der Waals surface area contributed by atoms with Crippen LogP contribution in [0.15, 0.2) is 93.6 Å². The Kier molecular flexibility index (Phi) is 7.44. The lowest BCUT2D eigenvalue weighted by molar-refractivity contribution is 0.242. The van der Waals surface area contributed by atoms with Gasteiger partial charge in [-0.3, -0.25) is 0 Å². The van der Waals surface area contributed by atoms with E-state index in [4.69, 9.17) is 15.0 Å². The van der Waals surface area contributed by atoms with Crippen LogP contribution in [0.25, 0.3) is 11.4 Å². The molecule has 1 aromatic heterocycles. The Morgan fingerprint density at radius 2 is 1.79 bits per heavy atom. The van der Waals surface area contributed by atoms with E-state index in [9.17, 15) is 4.39 Å². The van der Waals surface area contributed by atoms with Crippen molar-refractivity contribution in [2.45, 2.75) is 12.4 Å². The Bertz CT molecular complexity index is 1230. The third-order valence-electron chi connectivity index (χ3n) is 4.41. The van der Waals surface area contributed by atoms with Crippen LogP contribution in [0.2, 0.25) is 0 Å². The molecule has 0 fully saturated rings. The lowest BCUT2D eigenvalue weighted by Crippen LogP contribution is -2.05. The Morgan fingerprint density at radius 3 is 2.55 bits per heavy atom. The van der Waals surface area contributed by atoms with Crippen LogP contribution in [0.4, 0.5) is 4.39 Å². The number of nitrogens with zero attached hydrogens (tertiary/aromatic N) is 4. The average molecular weight is 462 g/mol. The van der Waals surface area contributed by atoms with Crippen LogP contribution in [-0.2, 0) is 12.4 Å². The van der Waals surface area contributed by atoms with Gasteiger partial charge in [-0.25, -0.2) is 4.39 Å². The maximum atomic E-state index is 12.9. The van der Waals surface area contributed by atoms with E-state index in [0.29, 0.717) is 22.6 Å². The van der Waals surface area contributed by atoms with Crippen LogP contribution in [0, 0.1) is 5.82 Å². The van der Waals surface area contributed by atoms with Crippen molar-refractivity contribution in [2.24, 2.45) is 15.9 Å². The van der Waals surface area contributed by atoms with Crippen LogP contribution >= 0.6 is 11.8 Å². The van der Waals surface area contributed by atoms with E-state index in [2.05, 4.69) is 20.3 Å². The monoisotopic (exact) mass is 461 g/mol. The fraction of sp³-hybridized carbons (Fsp3) is 0.0833. The molecule has 0 bridgehead atoms. The van der Waals surface area contributed by atoms with Gasteiger partial charge < -0.3 is 15.0 Å². The van der Waals surface area contributed by atoms with Crippen molar-refractivity contribution < 1.29 is 13.7 Å². The first-order valence-electron chi connectivity index (χ1n) is 10.0. The second-order valence-corrected chi connectivity index (χ2v) is 7.83. The van der Waals surface area contributed by atoms with Crippen LogP contribution < -0.4 is 10.5 Å². The van der Waals surface area contributed by atoms with Gasteiger partial charge in [0.1, 0.15) is 11.6 Å². The Balaban J connectivity index is 1.29. The summed E-state index contributed by atoms with van der Waals surface area (Å²) < 4.78 is 23.7. The second kappa shape index (κ2) is 11.1. The van der Waals surface area contributed by atoms with Gasteiger partial charge in [-0.05, 0) is 35.4 Å². The summed E-state index contributed by atoms with van der Waals surface area (Å²) in [7, 11) is 0. The SMILES string of the molecule is NC(=NN=Cc1ccc(-c2noc(COc3ccc(F)cc3)n2)cc1)SCc1ccccc1. The average Bonchev–Trinajstić information content (AvgIpc) is 3.33. The van der Waals surface area contributed by atoms with E-state index in [1.165, 1.54) is 41.6 Å². The van der Waals surface area contributed by atoms with Gasteiger partial charge in [0.05, 0.1) is 6.21 Å². The van der Waals surface area contributed by atoms with E-state index in [0.717, 1.165) is 16.9 Å². The molecule has 0 unspecified atom stereocenters. The van der Waals surface area contributed by atoms with Gasteiger partial charge in [0.2, 0.25) is 5.82 Å². The summed E-state index contributed by atoms with van der Waals surface area (Å²) in [5.41, 5.74) is 8.71. The molecular weight excluding hydrogens is 441 g/mol. The smallest absolute Gasteiger partial charge is 0.264 e. The highest BCUT2D eigenvalue weighted by Gasteiger charge is 2.09. The van der Waals surface area contributed by atoms with Crippen molar-refractivity contribution in [3.05, 3.63) is 102 Å².